The second-order valence-corrected chi connectivity index (χ2v) is 11.0. The number of amides is 3. The number of aliphatic hydroxyl groups is 1. The molecule has 3 N–H and O–H groups in total. The van der Waals surface area contributed by atoms with Gasteiger partial charge in [0.15, 0.2) is 0 Å². The molecule has 4 rings (SSSR count). The van der Waals surface area contributed by atoms with Crippen molar-refractivity contribution in [3.63, 3.8) is 0 Å². The number of nitrogens with zero attached hydrogens (tertiary/aromatic N) is 1. The van der Waals surface area contributed by atoms with Crippen LogP contribution in [0.4, 0.5) is 5.69 Å². The Kier molecular flexibility index (Phi) is 8.98. The molecule has 9 nitrogen and oxygen atoms in total. The zero-order valence-corrected chi connectivity index (χ0v) is 23.0. The van der Waals surface area contributed by atoms with Gasteiger partial charge < -0.3 is 30.1 Å². The van der Waals surface area contributed by atoms with Crippen molar-refractivity contribution in [1.82, 2.24) is 10.2 Å². The minimum absolute atomic E-state index is 0.147. The summed E-state index contributed by atoms with van der Waals surface area (Å²) in [6.45, 7) is 7.56. The third-order valence-corrected chi connectivity index (χ3v) is 8.38. The van der Waals surface area contributed by atoms with E-state index in [-0.39, 0.29) is 24.3 Å². The van der Waals surface area contributed by atoms with Crippen molar-refractivity contribution in [2.75, 3.05) is 31.6 Å². The summed E-state index contributed by atoms with van der Waals surface area (Å²) in [5.41, 5.74) is -1.20. The second-order valence-electron chi connectivity index (χ2n) is 11.0. The van der Waals surface area contributed by atoms with Crippen molar-refractivity contribution >= 4 is 23.4 Å². The molecule has 3 amide bonds. The molecule has 9 heteroatoms. The first-order valence-corrected chi connectivity index (χ1v) is 14.2. The number of carbonyl (C=O) groups excluding carboxylic acids is 3. The molecule has 1 aromatic rings. The van der Waals surface area contributed by atoms with Crippen LogP contribution in [0, 0.1) is 11.8 Å². The fourth-order valence-corrected chi connectivity index (χ4v) is 6.62. The molecule has 38 heavy (non-hydrogen) atoms. The number of unbranched alkanes of at least 4 members (excludes halogenated alkanes) is 4. The van der Waals surface area contributed by atoms with E-state index in [1.165, 1.54) is 0 Å². The van der Waals surface area contributed by atoms with Crippen LogP contribution >= 0.6 is 0 Å². The van der Waals surface area contributed by atoms with E-state index in [1.54, 1.807) is 29.2 Å². The maximum absolute atomic E-state index is 14.0. The number of carbonyl (C=O) groups is 3. The monoisotopic (exact) mass is 529 g/mol. The molecule has 3 fully saturated rings. The first kappa shape index (κ1) is 28.4. The van der Waals surface area contributed by atoms with Gasteiger partial charge in [-0.3, -0.25) is 14.4 Å². The predicted molar refractivity (Wildman–Crippen MR) is 144 cm³/mol. The van der Waals surface area contributed by atoms with E-state index in [4.69, 9.17) is 14.6 Å². The van der Waals surface area contributed by atoms with E-state index in [2.05, 4.69) is 17.6 Å². The van der Waals surface area contributed by atoms with Gasteiger partial charge >= 0.3 is 0 Å². The predicted octanol–water partition coefficient (Wildman–Crippen LogP) is 3.26. The number of anilines is 1. The molecule has 3 heterocycles. The molecule has 3 aliphatic heterocycles. The van der Waals surface area contributed by atoms with E-state index in [9.17, 15) is 14.4 Å². The Bertz CT molecular complexity index is 1000. The molecule has 1 aromatic carbocycles. The summed E-state index contributed by atoms with van der Waals surface area (Å²) in [5.74, 6) is -1.30. The minimum atomic E-state index is -1.01. The van der Waals surface area contributed by atoms with Crippen molar-refractivity contribution < 1.29 is 29.0 Å². The van der Waals surface area contributed by atoms with Gasteiger partial charge in [-0.25, -0.2) is 0 Å². The van der Waals surface area contributed by atoms with Crippen molar-refractivity contribution in [3.05, 3.63) is 24.3 Å². The van der Waals surface area contributed by atoms with E-state index >= 15 is 0 Å². The van der Waals surface area contributed by atoms with E-state index < -0.39 is 29.1 Å². The number of hydrogen-bond donors (Lipinski definition) is 3. The molecular formula is C29H43N3O6. The van der Waals surface area contributed by atoms with Crippen LogP contribution in [-0.2, 0) is 19.1 Å². The Morgan fingerprint density at radius 2 is 1.82 bits per heavy atom. The van der Waals surface area contributed by atoms with Crippen molar-refractivity contribution in [3.8, 4) is 5.75 Å². The lowest BCUT2D eigenvalue weighted by Gasteiger charge is -2.33. The summed E-state index contributed by atoms with van der Waals surface area (Å²) in [5, 5.41) is 15.1. The average molecular weight is 530 g/mol. The third kappa shape index (κ3) is 5.27. The topological polar surface area (TPSA) is 117 Å². The Labute approximate surface area is 225 Å². The molecule has 5 atom stereocenters. The highest BCUT2D eigenvalue weighted by molar-refractivity contribution is 6.02. The number of benzene rings is 1. The molecule has 210 valence electrons. The van der Waals surface area contributed by atoms with Gasteiger partial charge in [0.1, 0.15) is 17.4 Å². The van der Waals surface area contributed by atoms with E-state index in [1.807, 2.05) is 13.8 Å². The Morgan fingerprint density at radius 3 is 2.50 bits per heavy atom. The van der Waals surface area contributed by atoms with Gasteiger partial charge in [-0.1, -0.05) is 26.2 Å². The van der Waals surface area contributed by atoms with Gasteiger partial charge in [-0.05, 0) is 70.2 Å². The first-order chi connectivity index (χ1) is 18.3. The largest absolute Gasteiger partial charge is 0.494 e. The maximum Gasteiger partial charge on any atom is 0.245 e. The quantitative estimate of drug-likeness (QED) is 0.319. The molecule has 0 saturated carbocycles. The van der Waals surface area contributed by atoms with E-state index in [0.717, 1.165) is 44.3 Å². The second kappa shape index (κ2) is 12.0. The van der Waals surface area contributed by atoms with Crippen LogP contribution in [0.15, 0.2) is 24.3 Å². The van der Waals surface area contributed by atoms with Crippen molar-refractivity contribution in [1.29, 1.82) is 0 Å². The molecule has 2 unspecified atom stereocenters. The maximum atomic E-state index is 14.0. The molecule has 0 aliphatic carbocycles. The lowest BCUT2D eigenvalue weighted by molar-refractivity contribution is -0.145. The van der Waals surface area contributed by atoms with Gasteiger partial charge in [0, 0.05) is 25.4 Å². The number of ether oxygens (including phenoxy) is 2. The number of likely N-dealkylation sites (tertiary alicyclic amines) is 1. The highest BCUT2D eigenvalue weighted by Crippen LogP contribution is 2.63. The van der Waals surface area contributed by atoms with Gasteiger partial charge in [0.05, 0.1) is 24.0 Å². The Hall–Kier alpha value is -2.65. The van der Waals surface area contributed by atoms with Crippen molar-refractivity contribution in [2.45, 2.75) is 89.4 Å². The summed E-state index contributed by atoms with van der Waals surface area (Å²) < 4.78 is 12.1. The number of rotatable bonds is 14. The number of hydrogen-bond acceptors (Lipinski definition) is 6. The highest BCUT2D eigenvalue weighted by atomic mass is 16.5. The van der Waals surface area contributed by atoms with Crippen LogP contribution in [0.5, 0.6) is 5.75 Å². The normalized spacial score (nSPS) is 29.4. The number of nitrogens with one attached hydrogen (secondary N) is 2. The Balaban J connectivity index is 1.57. The fraction of sp³-hybridized carbons (Fsp3) is 0.690. The van der Waals surface area contributed by atoms with Gasteiger partial charge in [0.2, 0.25) is 17.7 Å². The van der Waals surface area contributed by atoms with Crippen LogP contribution < -0.4 is 15.4 Å². The fourth-order valence-electron chi connectivity index (χ4n) is 6.62. The summed E-state index contributed by atoms with van der Waals surface area (Å²) >= 11 is 0. The van der Waals surface area contributed by atoms with E-state index in [0.29, 0.717) is 38.2 Å². The summed E-state index contributed by atoms with van der Waals surface area (Å²) in [6, 6.07) is 6.42. The van der Waals surface area contributed by atoms with Gasteiger partial charge in [0.25, 0.3) is 0 Å². The molecular weight excluding hydrogens is 486 g/mol. The molecule has 2 bridgehead atoms. The summed E-state index contributed by atoms with van der Waals surface area (Å²) in [7, 11) is 0. The zero-order chi connectivity index (χ0) is 27.3. The van der Waals surface area contributed by atoms with Gasteiger partial charge in [-0.2, -0.15) is 0 Å². The van der Waals surface area contributed by atoms with Crippen molar-refractivity contribution in [2.24, 2.45) is 11.8 Å². The zero-order valence-electron chi connectivity index (χ0n) is 23.0. The number of aliphatic hydroxyl groups excluding tert-OH is 1. The summed E-state index contributed by atoms with van der Waals surface area (Å²) in [6.07, 6.45) is 6.16. The SMILES string of the molecule is CCCCNC(=O)C1N(CCCCCCO)C(=O)[C@@H]2[C@H](C(=O)Nc3ccc(OCC)cc3)[C@]3(C)CCC12O3. The summed E-state index contributed by atoms with van der Waals surface area (Å²) in [4.78, 5) is 42.9. The molecule has 1 spiro atoms. The van der Waals surface area contributed by atoms with Crippen LogP contribution in [0.1, 0.15) is 72.1 Å². The van der Waals surface area contributed by atoms with Crippen LogP contribution in [0.25, 0.3) is 0 Å². The van der Waals surface area contributed by atoms with Crippen LogP contribution in [-0.4, -0.2) is 71.3 Å². The molecule has 0 aromatic heterocycles. The van der Waals surface area contributed by atoms with Gasteiger partial charge in [-0.15, -0.1) is 0 Å². The lowest BCUT2D eigenvalue weighted by Crippen LogP contribution is -2.55. The smallest absolute Gasteiger partial charge is 0.245 e. The standard InChI is InChI=1S/C29H43N3O6/c1-4-6-17-30-26(35)24-29-16-15-28(3,38-29)22(23(29)27(36)32(24)18-9-7-8-10-19-33)25(34)31-20-11-13-21(14-12-20)37-5-2/h11-14,22-24,33H,4-10,15-19H2,1-3H3,(H,30,35)(H,31,34)/t22-,23+,24?,28+,29?/m1/s1. The first-order valence-electron chi connectivity index (χ1n) is 14.2. The Morgan fingerprint density at radius 1 is 1.08 bits per heavy atom. The highest BCUT2D eigenvalue weighted by Gasteiger charge is 2.77. The number of fused-ring (bicyclic) bond motifs is 1. The molecule has 0 radical (unpaired) electrons. The average Bonchev–Trinajstić information content (AvgIpc) is 3.46. The molecule has 3 saturated heterocycles. The third-order valence-electron chi connectivity index (χ3n) is 8.38. The van der Waals surface area contributed by atoms with Crippen LogP contribution in [0.3, 0.4) is 0 Å². The minimum Gasteiger partial charge on any atom is -0.494 e. The van der Waals surface area contributed by atoms with Crippen LogP contribution in [0.2, 0.25) is 0 Å². The molecule has 3 aliphatic rings. The lowest BCUT2D eigenvalue weighted by atomic mass is 9.66.